The number of anilines is 1. The molecule has 0 unspecified atom stereocenters. The maximum Gasteiger partial charge on any atom is 0.336 e. The summed E-state index contributed by atoms with van der Waals surface area (Å²) in [5.74, 6) is -0.432. The van der Waals surface area contributed by atoms with Crippen LogP contribution >= 0.6 is 0 Å². The standard InChI is InChI=1S/C20H18N2O5/c1-3-27-17-7-5-4-6-16(17)22-19(24)15(18(23)21-20(22)25)12-13-8-10-14(26-2)11-9-13/h4-12H,3H2,1-2H3,(H,21,23,25)/b15-12+. The van der Waals surface area contributed by atoms with E-state index in [-0.39, 0.29) is 11.3 Å². The zero-order valence-electron chi connectivity index (χ0n) is 14.9. The van der Waals surface area contributed by atoms with E-state index in [0.717, 1.165) is 4.90 Å². The number of hydrogen-bond donors (Lipinski definition) is 1. The highest BCUT2D eigenvalue weighted by Gasteiger charge is 2.38. The molecule has 1 N–H and O–H groups in total. The molecule has 0 radical (unpaired) electrons. The van der Waals surface area contributed by atoms with E-state index in [2.05, 4.69) is 5.32 Å². The van der Waals surface area contributed by atoms with Gasteiger partial charge in [-0.2, -0.15) is 0 Å². The maximum atomic E-state index is 12.9. The Morgan fingerprint density at radius 3 is 2.41 bits per heavy atom. The molecule has 3 rings (SSSR count). The Hall–Kier alpha value is -3.61. The highest BCUT2D eigenvalue weighted by atomic mass is 16.5. The topological polar surface area (TPSA) is 84.9 Å². The third-order valence-electron chi connectivity index (χ3n) is 3.93. The average molecular weight is 366 g/mol. The minimum Gasteiger partial charge on any atom is -0.497 e. The molecule has 1 saturated heterocycles. The van der Waals surface area contributed by atoms with Crippen molar-refractivity contribution < 1.29 is 23.9 Å². The summed E-state index contributed by atoms with van der Waals surface area (Å²) in [5, 5.41) is 2.20. The van der Waals surface area contributed by atoms with Crippen molar-refractivity contribution in [2.45, 2.75) is 6.92 Å². The van der Waals surface area contributed by atoms with Crippen LogP contribution in [0, 0.1) is 0 Å². The predicted molar refractivity (Wildman–Crippen MR) is 99.6 cm³/mol. The summed E-state index contributed by atoms with van der Waals surface area (Å²) in [6.07, 6.45) is 1.43. The van der Waals surface area contributed by atoms with Crippen LogP contribution in [0.5, 0.6) is 11.5 Å². The van der Waals surface area contributed by atoms with Crippen molar-refractivity contribution in [3.8, 4) is 11.5 Å². The van der Waals surface area contributed by atoms with Gasteiger partial charge in [0.1, 0.15) is 17.1 Å². The molecule has 7 nitrogen and oxygen atoms in total. The average Bonchev–Trinajstić information content (AvgIpc) is 2.67. The molecule has 0 bridgehead atoms. The fourth-order valence-corrected chi connectivity index (χ4v) is 2.66. The van der Waals surface area contributed by atoms with Crippen LogP contribution in [0.15, 0.2) is 54.1 Å². The van der Waals surface area contributed by atoms with E-state index >= 15 is 0 Å². The fraction of sp³-hybridized carbons (Fsp3) is 0.150. The van der Waals surface area contributed by atoms with Gasteiger partial charge in [0.25, 0.3) is 11.8 Å². The van der Waals surface area contributed by atoms with E-state index in [1.807, 2.05) is 0 Å². The normalized spacial score (nSPS) is 15.7. The number of rotatable bonds is 5. The summed E-state index contributed by atoms with van der Waals surface area (Å²) in [4.78, 5) is 38.4. The molecule has 1 aliphatic rings. The number of carbonyl (C=O) groups excluding carboxylic acids is 3. The highest BCUT2D eigenvalue weighted by Crippen LogP contribution is 2.31. The zero-order chi connectivity index (χ0) is 19.4. The summed E-state index contributed by atoms with van der Waals surface area (Å²) in [5.41, 5.74) is 0.753. The van der Waals surface area contributed by atoms with Crippen molar-refractivity contribution in [3.05, 3.63) is 59.7 Å². The third-order valence-corrected chi connectivity index (χ3v) is 3.93. The summed E-state index contributed by atoms with van der Waals surface area (Å²) in [6.45, 7) is 2.17. The second kappa shape index (κ2) is 7.74. The van der Waals surface area contributed by atoms with E-state index in [1.165, 1.54) is 6.08 Å². The molecule has 0 aromatic heterocycles. The van der Waals surface area contributed by atoms with Gasteiger partial charge in [-0.15, -0.1) is 0 Å². The van der Waals surface area contributed by atoms with E-state index in [1.54, 1.807) is 62.6 Å². The second-order valence-electron chi connectivity index (χ2n) is 5.63. The molecular formula is C20H18N2O5. The first-order chi connectivity index (χ1) is 13.0. The van der Waals surface area contributed by atoms with Gasteiger partial charge in [0.2, 0.25) is 0 Å². The minimum atomic E-state index is -0.816. The SMILES string of the molecule is CCOc1ccccc1N1C(=O)NC(=O)/C(=C\c2ccc(OC)cc2)C1=O. The monoisotopic (exact) mass is 366 g/mol. The molecule has 27 heavy (non-hydrogen) atoms. The van der Waals surface area contributed by atoms with Crippen LogP contribution in [0.4, 0.5) is 10.5 Å². The molecule has 138 valence electrons. The molecule has 0 saturated carbocycles. The quantitative estimate of drug-likeness (QED) is 0.650. The van der Waals surface area contributed by atoms with Crippen LogP contribution in [0.25, 0.3) is 6.08 Å². The Kier molecular flexibility index (Phi) is 5.21. The second-order valence-corrected chi connectivity index (χ2v) is 5.63. The van der Waals surface area contributed by atoms with Gasteiger partial charge in [-0.3, -0.25) is 14.9 Å². The number of barbiturate groups is 1. The van der Waals surface area contributed by atoms with E-state index in [9.17, 15) is 14.4 Å². The van der Waals surface area contributed by atoms with Crippen LogP contribution in [0.1, 0.15) is 12.5 Å². The van der Waals surface area contributed by atoms with Gasteiger partial charge < -0.3 is 9.47 Å². The molecule has 2 aromatic carbocycles. The zero-order valence-corrected chi connectivity index (χ0v) is 14.9. The van der Waals surface area contributed by atoms with E-state index < -0.39 is 17.8 Å². The van der Waals surface area contributed by atoms with Gasteiger partial charge in [-0.05, 0) is 42.8 Å². The first kappa shape index (κ1) is 18.2. The highest BCUT2D eigenvalue weighted by molar-refractivity contribution is 6.39. The third kappa shape index (κ3) is 3.67. The van der Waals surface area contributed by atoms with E-state index in [0.29, 0.717) is 23.7 Å². The number of ether oxygens (including phenoxy) is 2. The lowest BCUT2D eigenvalue weighted by Crippen LogP contribution is -2.54. The van der Waals surface area contributed by atoms with Gasteiger partial charge in [0.15, 0.2) is 0 Å². The van der Waals surface area contributed by atoms with Crippen LogP contribution in [0.2, 0.25) is 0 Å². The van der Waals surface area contributed by atoms with Crippen molar-refractivity contribution in [1.82, 2.24) is 5.32 Å². The molecule has 0 spiro atoms. The number of amides is 4. The van der Waals surface area contributed by atoms with E-state index in [4.69, 9.17) is 9.47 Å². The Balaban J connectivity index is 2.00. The molecular weight excluding hydrogens is 348 g/mol. The van der Waals surface area contributed by atoms with Crippen LogP contribution in [0.3, 0.4) is 0 Å². The summed E-state index contributed by atoms with van der Waals surface area (Å²) in [6, 6.07) is 12.7. The van der Waals surface area contributed by atoms with Crippen LogP contribution < -0.4 is 19.7 Å². The minimum absolute atomic E-state index is 0.147. The number of benzene rings is 2. The number of urea groups is 1. The number of nitrogens with one attached hydrogen (secondary N) is 1. The number of carbonyl (C=O) groups is 3. The molecule has 1 aliphatic heterocycles. The van der Waals surface area contributed by atoms with Crippen molar-refractivity contribution in [2.24, 2.45) is 0 Å². The number of nitrogens with zero attached hydrogens (tertiary/aromatic N) is 1. The molecule has 4 amide bonds. The van der Waals surface area contributed by atoms with Gasteiger partial charge in [0, 0.05) is 0 Å². The number of methoxy groups -OCH3 is 1. The molecule has 7 heteroatoms. The largest absolute Gasteiger partial charge is 0.497 e. The molecule has 2 aromatic rings. The summed E-state index contributed by atoms with van der Waals surface area (Å²) < 4.78 is 10.6. The summed E-state index contributed by atoms with van der Waals surface area (Å²) >= 11 is 0. The summed E-state index contributed by atoms with van der Waals surface area (Å²) in [7, 11) is 1.55. The van der Waals surface area contributed by atoms with Crippen LogP contribution in [-0.4, -0.2) is 31.6 Å². The molecule has 1 fully saturated rings. The Morgan fingerprint density at radius 2 is 1.74 bits per heavy atom. The Bertz CT molecular complexity index is 918. The Morgan fingerprint density at radius 1 is 1.04 bits per heavy atom. The molecule has 1 heterocycles. The lowest BCUT2D eigenvalue weighted by atomic mass is 10.1. The van der Waals surface area contributed by atoms with Crippen molar-refractivity contribution in [1.29, 1.82) is 0 Å². The van der Waals surface area contributed by atoms with Gasteiger partial charge in [0.05, 0.1) is 19.4 Å². The van der Waals surface area contributed by atoms with Gasteiger partial charge >= 0.3 is 6.03 Å². The van der Waals surface area contributed by atoms with Gasteiger partial charge in [-0.25, -0.2) is 9.69 Å². The number of para-hydroxylation sites is 2. The fourth-order valence-electron chi connectivity index (χ4n) is 2.66. The lowest BCUT2D eigenvalue weighted by Gasteiger charge is -2.27. The molecule has 0 atom stereocenters. The van der Waals surface area contributed by atoms with Crippen molar-refractivity contribution >= 4 is 29.6 Å². The maximum absolute atomic E-state index is 12.9. The number of hydrogen-bond acceptors (Lipinski definition) is 5. The van der Waals surface area contributed by atoms with Crippen molar-refractivity contribution in [3.63, 3.8) is 0 Å². The predicted octanol–water partition coefficient (Wildman–Crippen LogP) is 2.76. The van der Waals surface area contributed by atoms with Gasteiger partial charge in [-0.1, -0.05) is 24.3 Å². The Labute approximate surface area is 156 Å². The van der Waals surface area contributed by atoms with Crippen LogP contribution in [-0.2, 0) is 9.59 Å². The first-order valence-corrected chi connectivity index (χ1v) is 8.32. The lowest BCUT2D eigenvalue weighted by molar-refractivity contribution is -0.122. The smallest absolute Gasteiger partial charge is 0.336 e. The first-order valence-electron chi connectivity index (χ1n) is 8.32. The van der Waals surface area contributed by atoms with Crippen molar-refractivity contribution in [2.75, 3.05) is 18.6 Å². The number of imide groups is 2. The molecule has 0 aliphatic carbocycles.